The lowest BCUT2D eigenvalue weighted by Crippen LogP contribution is -2.53. The van der Waals surface area contributed by atoms with Gasteiger partial charge in [0.1, 0.15) is 0 Å². The van der Waals surface area contributed by atoms with Gasteiger partial charge in [0.15, 0.2) is 4.98 Å². The van der Waals surface area contributed by atoms with Crippen molar-refractivity contribution in [2.24, 2.45) is 11.3 Å². The van der Waals surface area contributed by atoms with Gasteiger partial charge in [0.2, 0.25) is 21.2 Å². The zero-order chi connectivity index (χ0) is 26.6. The molecule has 37 heavy (non-hydrogen) atoms. The fraction of sp³-hybridized carbons (Fsp3) is 0.467. The van der Waals surface area contributed by atoms with E-state index in [9.17, 15) is 13.5 Å². The van der Waals surface area contributed by atoms with Crippen LogP contribution >= 0.6 is 0 Å². The van der Waals surface area contributed by atoms with Gasteiger partial charge in [-0.2, -0.15) is 0 Å². The van der Waals surface area contributed by atoms with Crippen LogP contribution in [0.2, 0.25) is 0 Å². The number of nitrogens with one attached hydrogen (secondary N) is 1. The molecule has 0 saturated heterocycles. The lowest BCUT2D eigenvalue weighted by Gasteiger charge is -2.55. The van der Waals surface area contributed by atoms with Crippen LogP contribution in [0.1, 0.15) is 76.0 Å². The van der Waals surface area contributed by atoms with Crippen molar-refractivity contribution in [1.82, 2.24) is 4.72 Å². The third kappa shape index (κ3) is 4.20. The minimum Gasteiger partial charge on any atom is -0.501 e. The zero-order valence-corrected chi connectivity index (χ0v) is 22.9. The van der Waals surface area contributed by atoms with E-state index in [0.717, 1.165) is 32.1 Å². The van der Waals surface area contributed by atoms with Gasteiger partial charge in [0.05, 0.1) is 4.90 Å². The lowest BCUT2D eigenvalue weighted by molar-refractivity contribution is 0.0299. The Kier molecular flexibility index (Phi) is 6.32. The molecule has 0 amide bonds. The number of diazo groups is 1. The summed E-state index contributed by atoms with van der Waals surface area (Å²) < 4.78 is 30.1. The Bertz CT molecular complexity index is 1530. The number of hydrogen-bond acceptors (Lipinski definition) is 4. The maximum Gasteiger partial charge on any atom is 0.426 e. The number of phenolic OH excluding ortho intramolecular Hbond substituents is 1. The van der Waals surface area contributed by atoms with Crippen LogP contribution in [0.25, 0.3) is 15.7 Å². The predicted molar refractivity (Wildman–Crippen MR) is 147 cm³/mol. The quantitative estimate of drug-likeness (QED) is 0.351. The third-order valence-electron chi connectivity index (χ3n) is 9.20. The Morgan fingerprint density at radius 2 is 1.89 bits per heavy atom. The Morgan fingerprint density at radius 1 is 1.11 bits per heavy atom. The molecule has 194 valence electrons. The average molecular weight is 519 g/mol. The molecule has 0 bridgehead atoms. The molecule has 2 aliphatic carbocycles. The van der Waals surface area contributed by atoms with Crippen molar-refractivity contribution in [3.8, 4) is 5.75 Å². The number of aromatic hydroxyl groups is 1. The highest BCUT2D eigenvalue weighted by molar-refractivity contribution is 7.89. The van der Waals surface area contributed by atoms with Crippen molar-refractivity contribution >= 4 is 26.5 Å². The van der Waals surface area contributed by atoms with Gasteiger partial charge in [-0.3, -0.25) is 0 Å². The molecule has 7 heteroatoms. The molecule has 2 aliphatic rings. The lowest BCUT2D eigenvalue weighted by atomic mass is 9.50. The number of nitrogens with zero attached hydrogens (tertiary/aromatic N) is 2. The minimum atomic E-state index is -3.85. The minimum absolute atomic E-state index is 0.00195. The van der Waals surface area contributed by atoms with Gasteiger partial charge in [0.25, 0.3) is 0 Å². The van der Waals surface area contributed by atoms with Crippen LogP contribution in [0.15, 0.2) is 53.4 Å². The number of hydrogen-bond donors (Lipinski definition) is 2. The van der Waals surface area contributed by atoms with Crippen LogP contribution in [-0.4, -0.2) is 20.1 Å². The standard InChI is InChI=1S/C30H35N3O3S/c1-19(2)20-9-12-24-21(17-20)10-14-27-29(3,15-6-16-30(24,27)4)18-32-37(35,36)26-8-5-7-23-22(26)11-13-25(33-31)28(23)34/h5,7-9,11-13,17,19,27,32H,6,10,14-16,18H2,1-4H3/p+1/t27-,29+,30+/m0/s1. The Hall–Kier alpha value is -2.95. The largest absolute Gasteiger partial charge is 0.501 e. The maximum atomic E-state index is 13.6. The molecule has 0 aromatic heterocycles. The number of rotatable bonds is 5. The molecule has 1 saturated carbocycles. The molecular formula is C30H36N3O3S+. The Labute approximate surface area is 219 Å². The summed E-state index contributed by atoms with van der Waals surface area (Å²) >= 11 is 0. The van der Waals surface area contributed by atoms with E-state index >= 15 is 0 Å². The molecule has 1 fully saturated rings. The van der Waals surface area contributed by atoms with Crippen molar-refractivity contribution < 1.29 is 13.5 Å². The molecule has 0 radical (unpaired) electrons. The van der Waals surface area contributed by atoms with Crippen molar-refractivity contribution in [2.75, 3.05) is 6.54 Å². The third-order valence-corrected chi connectivity index (χ3v) is 10.7. The number of aryl methyl sites for hydroxylation is 1. The second kappa shape index (κ2) is 9.11. The highest BCUT2D eigenvalue weighted by Gasteiger charge is 2.51. The zero-order valence-electron chi connectivity index (χ0n) is 22.1. The monoisotopic (exact) mass is 518 g/mol. The van der Waals surface area contributed by atoms with E-state index in [-0.39, 0.29) is 27.2 Å². The predicted octanol–water partition coefficient (Wildman–Crippen LogP) is 7.14. The summed E-state index contributed by atoms with van der Waals surface area (Å²) in [6.07, 6.45) is 5.24. The van der Waals surface area contributed by atoms with Crippen LogP contribution in [0.5, 0.6) is 5.75 Å². The molecule has 6 nitrogen and oxygen atoms in total. The van der Waals surface area contributed by atoms with Crippen molar-refractivity contribution in [3.05, 3.63) is 70.2 Å². The second-order valence-corrected chi connectivity index (χ2v) is 13.5. The van der Waals surface area contributed by atoms with Crippen LogP contribution in [0.4, 0.5) is 5.69 Å². The number of sulfonamides is 1. The summed E-state index contributed by atoms with van der Waals surface area (Å²) in [5.41, 5.74) is 4.13. The number of phenols is 1. The summed E-state index contributed by atoms with van der Waals surface area (Å²) in [5, 5.41) is 20.3. The van der Waals surface area contributed by atoms with Gasteiger partial charge in [-0.15, -0.1) is 0 Å². The summed E-state index contributed by atoms with van der Waals surface area (Å²) in [4.78, 5) is 3.19. The van der Waals surface area contributed by atoms with Gasteiger partial charge < -0.3 is 5.11 Å². The van der Waals surface area contributed by atoms with Crippen LogP contribution in [0.3, 0.4) is 0 Å². The first-order valence-corrected chi connectivity index (χ1v) is 14.7. The number of benzene rings is 3. The molecule has 2 N–H and O–H groups in total. The van der Waals surface area contributed by atoms with Gasteiger partial charge in [-0.1, -0.05) is 64.4 Å². The first-order chi connectivity index (χ1) is 17.5. The summed E-state index contributed by atoms with van der Waals surface area (Å²) in [5.74, 6) is 0.634. The first kappa shape index (κ1) is 25.7. The maximum absolute atomic E-state index is 13.6. The molecule has 3 aromatic rings. The molecule has 3 atom stereocenters. The molecule has 0 aliphatic heterocycles. The molecule has 3 aromatic carbocycles. The Balaban J connectivity index is 1.45. The smallest absolute Gasteiger partial charge is 0.426 e. The SMILES string of the molecule is CC(C)c1ccc2c(c1)CC[C@H]1[C@@](C)(CNS(=O)(=O)c3cccc4c(O)c([N+]#N)ccc34)CCC[C@]21C. The molecule has 0 heterocycles. The summed E-state index contributed by atoms with van der Waals surface area (Å²) in [7, 11) is -3.85. The topological polar surface area (TPSA) is 94.6 Å². The average Bonchev–Trinajstić information content (AvgIpc) is 2.87. The highest BCUT2D eigenvalue weighted by Crippen LogP contribution is 2.57. The molecule has 5 rings (SSSR count). The van der Waals surface area contributed by atoms with Crippen molar-refractivity contribution in [1.29, 1.82) is 5.39 Å². The molecule has 0 unspecified atom stereocenters. The number of fused-ring (bicyclic) bond motifs is 4. The van der Waals surface area contributed by atoms with Crippen molar-refractivity contribution in [3.63, 3.8) is 0 Å². The van der Waals surface area contributed by atoms with Gasteiger partial charge in [0, 0.05) is 23.4 Å². The van der Waals surface area contributed by atoms with E-state index in [1.807, 2.05) is 0 Å². The molecular weight excluding hydrogens is 482 g/mol. The van der Waals surface area contributed by atoms with Crippen LogP contribution in [0, 0.1) is 16.7 Å². The summed E-state index contributed by atoms with van der Waals surface area (Å²) in [6.45, 7) is 9.46. The van der Waals surface area contributed by atoms with E-state index in [1.165, 1.54) is 22.8 Å². The van der Waals surface area contributed by atoms with E-state index in [4.69, 9.17) is 5.39 Å². The van der Waals surface area contributed by atoms with E-state index in [1.54, 1.807) is 24.3 Å². The first-order valence-electron chi connectivity index (χ1n) is 13.2. The van der Waals surface area contributed by atoms with Gasteiger partial charge in [-0.05, 0) is 77.2 Å². The second-order valence-electron chi connectivity index (χ2n) is 11.8. The van der Waals surface area contributed by atoms with Gasteiger partial charge in [-0.25, -0.2) is 13.1 Å². The van der Waals surface area contributed by atoms with E-state index in [2.05, 4.69) is 55.6 Å². The summed E-state index contributed by atoms with van der Waals surface area (Å²) in [6, 6.07) is 14.8. The highest BCUT2D eigenvalue weighted by atomic mass is 32.2. The normalized spacial score (nSPS) is 25.5. The van der Waals surface area contributed by atoms with Crippen LogP contribution < -0.4 is 4.72 Å². The van der Waals surface area contributed by atoms with Gasteiger partial charge >= 0.3 is 5.69 Å². The molecule has 0 spiro atoms. The fourth-order valence-electron chi connectivity index (χ4n) is 7.17. The van der Waals surface area contributed by atoms with E-state index in [0.29, 0.717) is 29.2 Å². The Morgan fingerprint density at radius 3 is 2.62 bits per heavy atom. The van der Waals surface area contributed by atoms with E-state index < -0.39 is 10.0 Å². The van der Waals surface area contributed by atoms with Crippen LogP contribution in [-0.2, 0) is 21.9 Å². The fourth-order valence-corrected chi connectivity index (χ4v) is 8.57. The van der Waals surface area contributed by atoms with Crippen molar-refractivity contribution in [2.45, 2.75) is 76.0 Å².